The van der Waals surface area contributed by atoms with Gasteiger partial charge >= 0.3 is 6.09 Å². The molecule has 0 unspecified atom stereocenters. The van der Waals surface area contributed by atoms with E-state index in [-0.39, 0.29) is 12.1 Å². The number of amidine groups is 1. The third-order valence-electron chi connectivity index (χ3n) is 3.73. The molecular weight excluding hydrogens is 316 g/mol. The van der Waals surface area contributed by atoms with Gasteiger partial charge < -0.3 is 20.7 Å². The highest BCUT2D eigenvalue weighted by molar-refractivity contribution is 5.91. The molecule has 3 N–H and O–H groups in total. The van der Waals surface area contributed by atoms with E-state index >= 15 is 0 Å². The van der Waals surface area contributed by atoms with E-state index in [1.54, 1.807) is 17.2 Å². The maximum Gasteiger partial charge on any atom is 0.410 e. The standard InChI is InChI=1S/C19H28N4O2/c1-19(2,3)25-18(24)23-13-10-16(11-14-23)22-17(20)9-12-21-15-7-5-4-6-8-15/h4-9,12,16,21H,10-11,13-14H2,1-3H3,(H2,20,22)/b12-9-. The molecular formula is C19H28N4O2. The second-order valence-electron chi connectivity index (χ2n) is 7.10. The highest BCUT2D eigenvalue weighted by Gasteiger charge is 2.26. The van der Waals surface area contributed by atoms with Crippen LogP contribution in [0.25, 0.3) is 0 Å². The Bertz CT molecular complexity index is 612. The summed E-state index contributed by atoms with van der Waals surface area (Å²) < 4.78 is 5.40. The number of piperidine rings is 1. The van der Waals surface area contributed by atoms with Crippen LogP contribution in [0.2, 0.25) is 0 Å². The molecule has 1 aromatic rings. The van der Waals surface area contributed by atoms with Crippen LogP contribution in [0.5, 0.6) is 0 Å². The fourth-order valence-electron chi connectivity index (χ4n) is 2.52. The summed E-state index contributed by atoms with van der Waals surface area (Å²) in [6.07, 6.45) is 4.87. The molecule has 0 radical (unpaired) electrons. The van der Waals surface area contributed by atoms with E-state index in [0.29, 0.717) is 18.9 Å². The minimum absolute atomic E-state index is 0.139. The number of carbonyl (C=O) groups excluding carboxylic acids is 1. The summed E-state index contributed by atoms with van der Waals surface area (Å²) in [4.78, 5) is 18.3. The largest absolute Gasteiger partial charge is 0.444 e. The number of hydrogen-bond donors (Lipinski definition) is 2. The van der Waals surface area contributed by atoms with Crippen LogP contribution >= 0.6 is 0 Å². The van der Waals surface area contributed by atoms with Crippen molar-refractivity contribution in [2.24, 2.45) is 10.7 Å². The van der Waals surface area contributed by atoms with Gasteiger partial charge in [0.1, 0.15) is 11.4 Å². The van der Waals surface area contributed by atoms with E-state index in [0.717, 1.165) is 18.5 Å². The molecule has 2 rings (SSSR count). The average Bonchev–Trinajstić information content (AvgIpc) is 2.55. The van der Waals surface area contributed by atoms with Crippen LogP contribution in [0, 0.1) is 0 Å². The van der Waals surface area contributed by atoms with Gasteiger partial charge in [0.2, 0.25) is 0 Å². The summed E-state index contributed by atoms with van der Waals surface area (Å²) in [7, 11) is 0. The fourth-order valence-corrected chi connectivity index (χ4v) is 2.52. The highest BCUT2D eigenvalue weighted by atomic mass is 16.6. The molecule has 0 bridgehead atoms. The van der Waals surface area contributed by atoms with Crippen LogP contribution in [0.1, 0.15) is 33.6 Å². The topological polar surface area (TPSA) is 80.0 Å². The number of hydrogen-bond acceptors (Lipinski definition) is 4. The SMILES string of the molecule is CC(C)(C)OC(=O)N1CCC(N=C(N)/C=C\Nc2ccccc2)CC1. The molecule has 25 heavy (non-hydrogen) atoms. The first-order chi connectivity index (χ1) is 11.8. The van der Waals surface area contributed by atoms with Gasteiger partial charge in [-0.1, -0.05) is 18.2 Å². The molecule has 0 atom stereocenters. The van der Waals surface area contributed by atoms with E-state index < -0.39 is 5.60 Å². The second kappa shape index (κ2) is 8.55. The average molecular weight is 344 g/mol. The molecule has 1 saturated heterocycles. The second-order valence-corrected chi connectivity index (χ2v) is 7.10. The number of anilines is 1. The first-order valence-corrected chi connectivity index (χ1v) is 8.63. The first-order valence-electron chi connectivity index (χ1n) is 8.63. The molecule has 1 heterocycles. The number of rotatable bonds is 4. The minimum Gasteiger partial charge on any atom is -0.444 e. The third-order valence-corrected chi connectivity index (χ3v) is 3.73. The van der Waals surface area contributed by atoms with Gasteiger partial charge in [-0.05, 0) is 51.8 Å². The molecule has 136 valence electrons. The molecule has 1 aromatic carbocycles. The van der Waals surface area contributed by atoms with Crippen molar-refractivity contribution in [3.63, 3.8) is 0 Å². The van der Waals surface area contributed by atoms with Crippen LogP contribution in [0.15, 0.2) is 47.6 Å². The van der Waals surface area contributed by atoms with Crippen LogP contribution in [0.3, 0.4) is 0 Å². The molecule has 0 aliphatic carbocycles. The molecule has 0 aromatic heterocycles. The molecule has 6 nitrogen and oxygen atoms in total. The summed E-state index contributed by atoms with van der Waals surface area (Å²) in [5, 5.41) is 3.15. The number of nitrogens with zero attached hydrogens (tertiary/aromatic N) is 2. The highest BCUT2D eigenvalue weighted by Crippen LogP contribution is 2.17. The lowest BCUT2D eigenvalue weighted by Crippen LogP contribution is -2.42. The molecule has 1 fully saturated rings. The van der Waals surface area contributed by atoms with Gasteiger partial charge in [0.15, 0.2) is 0 Å². The van der Waals surface area contributed by atoms with Gasteiger partial charge in [0.05, 0.1) is 6.04 Å². The Morgan fingerprint density at radius 2 is 1.92 bits per heavy atom. The minimum atomic E-state index is -0.465. The van der Waals surface area contributed by atoms with Crippen LogP contribution in [-0.4, -0.2) is 41.6 Å². The van der Waals surface area contributed by atoms with E-state index in [2.05, 4.69) is 10.3 Å². The number of nitrogens with one attached hydrogen (secondary N) is 1. The Morgan fingerprint density at radius 3 is 2.52 bits per heavy atom. The van der Waals surface area contributed by atoms with Crippen molar-refractivity contribution in [1.29, 1.82) is 0 Å². The Balaban J connectivity index is 1.78. The summed E-state index contributed by atoms with van der Waals surface area (Å²) >= 11 is 0. The van der Waals surface area contributed by atoms with Crippen molar-refractivity contribution in [2.45, 2.75) is 45.3 Å². The predicted molar refractivity (Wildman–Crippen MR) is 102 cm³/mol. The van der Waals surface area contributed by atoms with Crippen molar-refractivity contribution < 1.29 is 9.53 Å². The molecule has 0 saturated carbocycles. The summed E-state index contributed by atoms with van der Waals surface area (Å²) in [6.45, 7) is 6.90. The smallest absolute Gasteiger partial charge is 0.410 e. The molecule has 1 aliphatic rings. The van der Waals surface area contributed by atoms with Crippen molar-refractivity contribution in [3.8, 4) is 0 Å². The molecule has 6 heteroatoms. The van der Waals surface area contributed by atoms with E-state index in [9.17, 15) is 4.79 Å². The number of benzene rings is 1. The van der Waals surface area contributed by atoms with Gasteiger partial charge in [-0.25, -0.2) is 4.79 Å². The van der Waals surface area contributed by atoms with E-state index in [1.165, 1.54) is 0 Å². The summed E-state index contributed by atoms with van der Waals surface area (Å²) in [5.41, 5.74) is 6.50. The Hall–Kier alpha value is -2.50. The lowest BCUT2D eigenvalue weighted by molar-refractivity contribution is 0.0207. The number of aliphatic imine (C=N–C) groups is 1. The lowest BCUT2D eigenvalue weighted by Gasteiger charge is -2.32. The van der Waals surface area contributed by atoms with Crippen molar-refractivity contribution in [1.82, 2.24) is 4.90 Å². The number of carbonyl (C=O) groups is 1. The summed E-state index contributed by atoms with van der Waals surface area (Å²) in [5.74, 6) is 0.485. The van der Waals surface area contributed by atoms with Gasteiger partial charge in [0, 0.05) is 25.0 Å². The Labute approximate surface area is 149 Å². The van der Waals surface area contributed by atoms with E-state index in [1.807, 2.05) is 51.1 Å². The number of para-hydroxylation sites is 1. The number of nitrogens with two attached hydrogens (primary N) is 1. The Morgan fingerprint density at radius 1 is 1.28 bits per heavy atom. The number of ether oxygens (including phenoxy) is 1. The zero-order valence-corrected chi connectivity index (χ0v) is 15.2. The van der Waals surface area contributed by atoms with Gasteiger partial charge in [0.25, 0.3) is 0 Å². The van der Waals surface area contributed by atoms with Crippen molar-refractivity contribution >= 4 is 17.6 Å². The molecule has 0 spiro atoms. The quantitative estimate of drug-likeness (QED) is 0.648. The molecule has 1 amide bonds. The summed E-state index contributed by atoms with van der Waals surface area (Å²) in [6, 6.07) is 9.99. The maximum absolute atomic E-state index is 12.0. The number of amides is 1. The number of likely N-dealkylation sites (tertiary alicyclic amines) is 1. The van der Waals surface area contributed by atoms with Crippen molar-refractivity contribution in [2.75, 3.05) is 18.4 Å². The predicted octanol–water partition coefficient (Wildman–Crippen LogP) is 3.37. The zero-order valence-electron chi connectivity index (χ0n) is 15.2. The van der Waals surface area contributed by atoms with Crippen LogP contribution in [0.4, 0.5) is 10.5 Å². The van der Waals surface area contributed by atoms with Gasteiger partial charge in [-0.2, -0.15) is 0 Å². The van der Waals surface area contributed by atoms with Gasteiger partial charge in [-0.3, -0.25) is 4.99 Å². The van der Waals surface area contributed by atoms with E-state index in [4.69, 9.17) is 10.5 Å². The zero-order chi connectivity index (χ0) is 18.3. The fraction of sp³-hybridized carbons (Fsp3) is 0.474. The lowest BCUT2D eigenvalue weighted by atomic mass is 10.1. The normalized spacial score (nSPS) is 16.9. The Kier molecular flexibility index (Phi) is 6.44. The van der Waals surface area contributed by atoms with Crippen LogP contribution < -0.4 is 11.1 Å². The first kappa shape index (κ1) is 18.8. The monoisotopic (exact) mass is 344 g/mol. The van der Waals surface area contributed by atoms with Gasteiger partial charge in [-0.15, -0.1) is 0 Å². The maximum atomic E-state index is 12.0. The van der Waals surface area contributed by atoms with Crippen molar-refractivity contribution in [3.05, 3.63) is 42.6 Å². The third kappa shape index (κ3) is 6.87. The van der Waals surface area contributed by atoms with Crippen LogP contribution in [-0.2, 0) is 4.74 Å². The molecule has 1 aliphatic heterocycles.